The van der Waals surface area contributed by atoms with Crippen molar-refractivity contribution >= 4 is 29.2 Å². The number of esters is 1. The number of amides is 1. The molecular formula is C33H46FN5O6. The smallest absolute Gasteiger partial charge is 0.410 e. The first-order chi connectivity index (χ1) is 21.6. The van der Waals surface area contributed by atoms with E-state index in [4.69, 9.17) is 14.2 Å². The van der Waals surface area contributed by atoms with Crippen molar-refractivity contribution in [1.82, 2.24) is 24.8 Å². The Bertz CT molecular complexity index is 1400. The van der Waals surface area contributed by atoms with Gasteiger partial charge < -0.3 is 29.1 Å². The van der Waals surface area contributed by atoms with E-state index in [1.807, 2.05) is 46.0 Å². The summed E-state index contributed by atoms with van der Waals surface area (Å²) in [6.45, 7) is 9.73. The van der Waals surface area contributed by atoms with Crippen LogP contribution in [0.4, 0.5) is 9.18 Å². The fourth-order valence-corrected chi connectivity index (χ4v) is 6.26. The van der Waals surface area contributed by atoms with Crippen LogP contribution >= 0.6 is 0 Å². The highest BCUT2D eigenvalue weighted by Gasteiger charge is 2.29. The Kier molecular flexibility index (Phi) is 10.9. The lowest BCUT2D eigenvalue weighted by Gasteiger charge is -2.33. The van der Waals surface area contributed by atoms with Crippen LogP contribution < -0.4 is 0 Å². The van der Waals surface area contributed by atoms with E-state index in [1.54, 1.807) is 15.7 Å². The second-order valence-electron chi connectivity index (χ2n) is 12.9. The van der Waals surface area contributed by atoms with Crippen LogP contribution in [0.3, 0.4) is 0 Å². The molecule has 3 aliphatic rings. The number of hydrogen-bond donors (Lipinski definition) is 1. The molecule has 45 heavy (non-hydrogen) atoms. The van der Waals surface area contributed by atoms with E-state index in [2.05, 4.69) is 15.2 Å². The van der Waals surface area contributed by atoms with Gasteiger partial charge in [-0.25, -0.2) is 13.9 Å². The van der Waals surface area contributed by atoms with Gasteiger partial charge in [-0.3, -0.25) is 4.79 Å². The van der Waals surface area contributed by atoms with Crippen LogP contribution in [0.15, 0.2) is 29.9 Å². The van der Waals surface area contributed by atoms with Crippen molar-refractivity contribution in [1.29, 1.82) is 0 Å². The quantitative estimate of drug-likeness (QED) is 0.390. The minimum Gasteiger partial charge on any atom is -0.457 e. The minimum absolute atomic E-state index is 0.0204. The number of likely N-dealkylation sites (N-methyl/N-ethyl adjacent to an activating group) is 1. The molecule has 2 saturated heterocycles. The predicted molar refractivity (Wildman–Crippen MR) is 167 cm³/mol. The lowest BCUT2D eigenvalue weighted by atomic mass is 9.91. The van der Waals surface area contributed by atoms with Gasteiger partial charge in [-0.05, 0) is 74.9 Å². The first kappa shape index (κ1) is 33.0. The summed E-state index contributed by atoms with van der Waals surface area (Å²) < 4.78 is 34.5. The molecule has 246 valence electrons. The zero-order valence-electron chi connectivity index (χ0n) is 26.7. The number of aromatic nitrogens is 3. The number of benzene rings is 1. The summed E-state index contributed by atoms with van der Waals surface area (Å²) in [6, 6.07) is 3.22. The van der Waals surface area contributed by atoms with Crippen molar-refractivity contribution in [3.63, 3.8) is 0 Å². The van der Waals surface area contributed by atoms with Crippen LogP contribution in [0.1, 0.15) is 64.5 Å². The molecule has 2 aromatic rings. The molecule has 1 N–H and O–H groups in total. The Morgan fingerprint density at radius 1 is 1.13 bits per heavy atom. The fourth-order valence-electron chi connectivity index (χ4n) is 6.26. The zero-order valence-corrected chi connectivity index (χ0v) is 26.7. The van der Waals surface area contributed by atoms with Gasteiger partial charge in [-0.15, -0.1) is 5.10 Å². The van der Waals surface area contributed by atoms with Gasteiger partial charge in [-0.2, -0.15) is 0 Å². The van der Waals surface area contributed by atoms with Crippen LogP contribution in [0.5, 0.6) is 0 Å². The van der Waals surface area contributed by atoms with Crippen LogP contribution in [-0.2, 0) is 19.0 Å². The lowest BCUT2D eigenvalue weighted by Crippen LogP contribution is -2.48. The van der Waals surface area contributed by atoms with E-state index >= 15 is 4.39 Å². The number of halogens is 1. The largest absolute Gasteiger partial charge is 0.457 e. The first-order valence-electron chi connectivity index (χ1n) is 16.1. The number of carbonyl (C=O) groups is 2. The molecule has 2 fully saturated rings. The highest BCUT2D eigenvalue weighted by molar-refractivity contribution is 5.79. The van der Waals surface area contributed by atoms with Crippen molar-refractivity contribution in [3.05, 3.63) is 41.2 Å². The molecule has 1 amide bonds. The van der Waals surface area contributed by atoms with Crippen molar-refractivity contribution in [3.8, 4) is 0 Å². The number of aliphatic hydroxyl groups excluding tert-OH is 1. The molecule has 12 heteroatoms. The third-order valence-electron chi connectivity index (χ3n) is 9.14. The Labute approximate surface area is 264 Å². The van der Waals surface area contributed by atoms with Gasteiger partial charge in [0.05, 0.1) is 30.7 Å². The molecule has 3 aliphatic heterocycles. The molecular weight excluding hydrogens is 581 g/mol. The first-order valence-corrected chi connectivity index (χ1v) is 16.1. The highest BCUT2D eigenvalue weighted by Crippen LogP contribution is 2.29. The third-order valence-corrected chi connectivity index (χ3v) is 9.14. The molecule has 0 radical (unpaired) electrons. The van der Waals surface area contributed by atoms with Gasteiger partial charge in [-0.1, -0.05) is 31.2 Å². The number of cyclic esters (lactones) is 1. The summed E-state index contributed by atoms with van der Waals surface area (Å²) in [6.07, 6.45) is 5.70. The maximum absolute atomic E-state index is 15.2. The maximum Gasteiger partial charge on any atom is 0.410 e. The number of fused-ring (bicyclic) bond motifs is 1. The number of nitrogens with zero attached hydrogens (tertiary/aromatic N) is 5. The van der Waals surface area contributed by atoms with Crippen LogP contribution in [0.25, 0.3) is 17.1 Å². The van der Waals surface area contributed by atoms with Crippen molar-refractivity contribution in [2.75, 3.05) is 46.4 Å². The summed E-state index contributed by atoms with van der Waals surface area (Å²) in [4.78, 5) is 29.9. The topological polar surface area (TPSA) is 119 Å². The van der Waals surface area contributed by atoms with Gasteiger partial charge in [0, 0.05) is 38.7 Å². The fraction of sp³-hybridized carbons (Fsp3) is 0.636. The summed E-state index contributed by atoms with van der Waals surface area (Å²) in [5.74, 6) is -1.37. The molecule has 0 bridgehead atoms. The Hall–Kier alpha value is -3.35. The SMILES string of the molecule is C/C(=C\c1cc(F)c2nnn([C@@H]3CCCOC3)c2c1)[C@H]1OC(=O)C[C@H](O)CC[C@H](C)[C@@H](OC(=O)N2CCN(C)CC2)/C=C\[C@@H]1C. The van der Waals surface area contributed by atoms with Gasteiger partial charge in [0.25, 0.3) is 0 Å². The molecule has 11 nitrogen and oxygen atoms in total. The van der Waals surface area contributed by atoms with Gasteiger partial charge in [0.15, 0.2) is 5.82 Å². The third kappa shape index (κ3) is 8.28. The van der Waals surface area contributed by atoms with E-state index in [-0.39, 0.29) is 35.9 Å². The molecule has 6 atom stereocenters. The average molecular weight is 628 g/mol. The molecule has 1 aromatic heterocycles. The van der Waals surface area contributed by atoms with E-state index in [9.17, 15) is 14.7 Å². The Balaban J connectivity index is 1.40. The molecule has 0 aliphatic carbocycles. The number of aliphatic hydroxyl groups is 1. The molecule has 0 saturated carbocycles. The van der Waals surface area contributed by atoms with Crippen LogP contribution in [0, 0.1) is 17.7 Å². The molecule has 4 heterocycles. The number of piperazine rings is 1. The maximum atomic E-state index is 15.2. The van der Waals surface area contributed by atoms with E-state index in [0.717, 1.165) is 25.9 Å². The molecule has 0 spiro atoms. The number of carbonyl (C=O) groups excluding carboxylic acids is 2. The van der Waals surface area contributed by atoms with E-state index < -0.39 is 30.1 Å². The second-order valence-corrected chi connectivity index (χ2v) is 12.9. The van der Waals surface area contributed by atoms with Crippen molar-refractivity contribution < 1.29 is 33.3 Å². The highest BCUT2D eigenvalue weighted by atomic mass is 19.1. The summed E-state index contributed by atoms with van der Waals surface area (Å²) in [7, 11) is 2.03. The summed E-state index contributed by atoms with van der Waals surface area (Å²) >= 11 is 0. The minimum atomic E-state index is -0.884. The number of ether oxygens (including phenoxy) is 3. The normalized spacial score (nSPS) is 30.3. The monoisotopic (exact) mass is 627 g/mol. The van der Waals surface area contributed by atoms with E-state index in [0.29, 0.717) is 55.8 Å². The molecule has 5 rings (SSSR count). The van der Waals surface area contributed by atoms with E-state index in [1.165, 1.54) is 6.07 Å². The summed E-state index contributed by atoms with van der Waals surface area (Å²) in [5, 5.41) is 18.9. The van der Waals surface area contributed by atoms with Crippen molar-refractivity contribution in [2.24, 2.45) is 11.8 Å². The zero-order chi connectivity index (χ0) is 32.1. The van der Waals surface area contributed by atoms with Gasteiger partial charge in [0.2, 0.25) is 0 Å². The van der Waals surface area contributed by atoms with Crippen LogP contribution in [0.2, 0.25) is 0 Å². The van der Waals surface area contributed by atoms with Crippen LogP contribution in [-0.4, -0.2) is 107 Å². The van der Waals surface area contributed by atoms with Gasteiger partial charge in [0.1, 0.15) is 17.7 Å². The molecule has 0 unspecified atom stereocenters. The average Bonchev–Trinajstić information content (AvgIpc) is 3.45. The Morgan fingerprint density at radius 2 is 1.91 bits per heavy atom. The molecule has 1 aromatic carbocycles. The number of rotatable bonds is 4. The lowest BCUT2D eigenvalue weighted by molar-refractivity contribution is -0.151. The Morgan fingerprint density at radius 3 is 2.64 bits per heavy atom. The predicted octanol–water partition coefficient (Wildman–Crippen LogP) is 4.36. The number of hydrogen-bond acceptors (Lipinski definition) is 9. The van der Waals surface area contributed by atoms with Gasteiger partial charge >= 0.3 is 12.1 Å². The second kappa shape index (κ2) is 14.8. The van der Waals surface area contributed by atoms with Crippen molar-refractivity contribution in [2.45, 2.75) is 77.2 Å². The standard InChI is InChI=1S/C33H46FN5O6/c1-21-7-9-26(40)19-30(41)45-32(22(2)8-10-29(21)44-33(42)38-13-11-37(4)12-14-38)23(3)16-24-17-27(34)31-28(18-24)39(36-35-31)25-6-5-15-43-20-25/h8,10,16-18,21-22,25-26,29,32,40H,5-7,9,11-15,19-20H2,1-4H3/b10-8-,23-16+/t21-,22-,25+,26+,29-,32-/m0/s1. The summed E-state index contributed by atoms with van der Waals surface area (Å²) in [5.41, 5.74) is 2.06.